The van der Waals surface area contributed by atoms with Crippen molar-refractivity contribution < 1.29 is 4.74 Å². The number of benzene rings is 1. The highest BCUT2D eigenvalue weighted by molar-refractivity contribution is 5.56. The first-order valence-corrected chi connectivity index (χ1v) is 5.23. The van der Waals surface area contributed by atoms with Gasteiger partial charge in [-0.25, -0.2) is 0 Å². The molecule has 0 bridgehead atoms. The van der Waals surface area contributed by atoms with Gasteiger partial charge in [0.15, 0.2) is 0 Å². The van der Waals surface area contributed by atoms with Crippen molar-refractivity contribution in [3.63, 3.8) is 0 Å². The molecule has 1 heterocycles. The minimum Gasteiger partial charge on any atom is -0.497 e. The molecule has 14 heavy (non-hydrogen) atoms. The molecule has 0 spiro atoms. The maximum Gasteiger partial charge on any atom is 0.119 e. The van der Waals surface area contributed by atoms with Crippen LogP contribution < -0.4 is 10.1 Å². The van der Waals surface area contributed by atoms with Gasteiger partial charge in [0, 0.05) is 12.2 Å². The Hall–Kier alpha value is -1.18. The molecular formula is C12H17NO. The summed E-state index contributed by atoms with van der Waals surface area (Å²) in [5.74, 6) is 1.59. The molecule has 1 aromatic carbocycles. The second-order valence-electron chi connectivity index (χ2n) is 3.92. The SMILES string of the molecule is COc1ccc2c(c1)C(C)CCCN2. The smallest absolute Gasteiger partial charge is 0.119 e. The van der Waals surface area contributed by atoms with E-state index in [2.05, 4.69) is 24.4 Å². The molecule has 1 aromatic rings. The molecule has 2 rings (SSSR count). The van der Waals surface area contributed by atoms with Crippen molar-refractivity contribution in [2.45, 2.75) is 25.7 Å². The van der Waals surface area contributed by atoms with Crippen LogP contribution in [-0.4, -0.2) is 13.7 Å². The monoisotopic (exact) mass is 191 g/mol. The number of hydrogen-bond acceptors (Lipinski definition) is 2. The summed E-state index contributed by atoms with van der Waals surface area (Å²) in [7, 11) is 1.72. The molecule has 2 heteroatoms. The van der Waals surface area contributed by atoms with Crippen molar-refractivity contribution in [3.8, 4) is 5.75 Å². The van der Waals surface area contributed by atoms with Gasteiger partial charge in [0.2, 0.25) is 0 Å². The summed E-state index contributed by atoms with van der Waals surface area (Å²) < 4.78 is 5.24. The van der Waals surface area contributed by atoms with E-state index in [-0.39, 0.29) is 0 Å². The van der Waals surface area contributed by atoms with Crippen molar-refractivity contribution in [1.29, 1.82) is 0 Å². The molecule has 0 radical (unpaired) electrons. The first kappa shape index (κ1) is 9.38. The van der Waals surface area contributed by atoms with Gasteiger partial charge < -0.3 is 10.1 Å². The van der Waals surface area contributed by atoms with E-state index >= 15 is 0 Å². The highest BCUT2D eigenvalue weighted by Crippen LogP contribution is 2.33. The zero-order valence-electron chi connectivity index (χ0n) is 8.84. The molecule has 0 amide bonds. The summed E-state index contributed by atoms with van der Waals surface area (Å²) in [4.78, 5) is 0. The molecule has 2 nitrogen and oxygen atoms in total. The van der Waals surface area contributed by atoms with Crippen molar-refractivity contribution in [1.82, 2.24) is 0 Å². The second-order valence-corrected chi connectivity index (χ2v) is 3.92. The first-order chi connectivity index (χ1) is 6.81. The van der Waals surface area contributed by atoms with Crippen molar-refractivity contribution >= 4 is 5.69 Å². The number of rotatable bonds is 1. The fourth-order valence-electron chi connectivity index (χ4n) is 2.02. The molecule has 76 valence electrons. The third-order valence-corrected chi connectivity index (χ3v) is 2.92. The van der Waals surface area contributed by atoms with Crippen LogP contribution in [0.1, 0.15) is 31.2 Å². The van der Waals surface area contributed by atoms with E-state index < -0.39 is 0 Å². The van der Waals surface area contributed by atoms with Crippen LogP contribution in [0.15, 0.2) is 18.2 Å². The number of methoxy groups -OCH3 is 1. The minimum atomic E-state index is 0.634. The summed E-state index contributed by atoms with van der Waals surface area (Å²) in [5.41, 5.74) is 2.66. The maximum atomic E-state index is 5.24. The van der Waals surface area contributed by atoms with Gasteiger partial charge in [0.1, 0.15) is 5.75 Å². The standard InChI is InChI=1S/C12H17NO/c1-9-4-3-7-13-12-6-5-10(14-2)8-11(9)12/h5-6,8-9,13H,3-4,7H2,1-2H3. The van der Waals surface area contributed by atoms with E-state index in [1.54, 1.807) is 7.11 Å². The number of hydrogen-bond donors (Lipinski definition) is 1. The van der Waals surface area contributed by atoms with Crippen LogP contribution in [0.2, 0.25) is 0 Å². The maximum absolute atomic E-state index is 5.24. The lowest BCUT2D eigenvalue weighted by Crippen LogP contribution is -1.99. The summed E-state index contributed by atoms with van der Waals surface area (Å²) in [6.45, 7) is 3.37. The van der Waals surface area contributed by atoms with E-state index in [0.717, 1.165) is 12.3 Å². The fraction of sp³-hybridized carbons (Fsp3) is 0.500. The van der Waals surface area contributed by atoms with E-state index in [9.17, 15) is 0 Å². The van der Waals surface area contributed by atoms with Gasteiger partial charge in [-0.1, -0.05) is 6.92 Å². The first-order valence-electron chi connectivity index (χ1n) is 5.23. The molecule has 1 unspecified atom stereocenters. The van der Waals surface area contributed by atoms with E-state index in [1.807, 2.05) is 6.07 Å². The number of anilines is 1. The van der Waals surface area contributed by atoms with Gasteiger partial charge in [0.05, 0.1) is 7.11 Å². The lowest BCUT2D eigenvalue weighted by molar-refractivity contribution is 0.414. The summed E-state index contributed by atoms with van der Waals surface area (Å²) >= 11 is 0. The average Bonchev–Trinajstić information content (AvgIpc) is 2.40. The third-order valence-electron chi connectivity index (χ3n) is 2.92. The molecule has 0 aromatic heterocycles. The van der Waals surface area contributed by atoms with Gasteiger partial charge >= 0.3 is 0 Å². The second kappa shape index (κ2) is 3.91. The highest BCUT2D eigenvalue weighted by atomic mass is 16.5. The summed E-state index contributed by atoms with van der Waals surface area (Å²) in [6, 6.07) is 6.29. The van der Waals surface area contributed by atoms with Gasteiger partial charge in [-0.2, -0.15) is 0 Å². The lowest BCUT2D eigenvalue weighted by atomic mass is 9.96. The lowest BCUT2D eigenvalue weighted by Gasteiger charge is -2.13. The predicted octanol–water partition coefficient (Wildman–Crippen LogP) is 3.00. The largest absolute Gasteiger partial charge is 0.497 e. The van der Waals surface area contributed by atoms with Crippen LogP contribution in [0.5, 0.6) is 5.75 Å². The van der Waals surface area contributed by atoms with Crippen molar-refractivity contribution in [2.75, 3.05) is 19.0 Å². The average molecular weight is 191 g/mol. The number of fused-ring (bicyclic) bond motifs is 1. The van der Waals surface area contributed by atoms with E-state index in [0.29, 0.717) is 5.92 Å². The normalized spacial score (nSPS) is 20.6. The molecular weight excluding hydrogens is 174 g/mol. The van der Waals surface area contributed by atoms with Gasteiger partial charge in [-0.3, -0.25) is 0 Å². The Labute approximate surface area is 85.3 Å². The summed E-state index contributed by atoms with van der Waals surface area (Å²) in [5, 5.41) is 3.45. The zero-order chi connectivity index (χ0) is 9.97. The highest BCUT2D eigenvalue weighted by Gasteiger charge is 2.14. The molecule has 1 aliphatic rings. The third kappa shape index (κ3) is 1.69. The van der Waals surface area contributed by atoms with Crippen molar-refractivity contribution in [2.24, 2.45) is 0 Å². The molecule has 1 N–H and O–H groups in total. The Bertz CT molecular complexity index is 322. The predicted molar refractivity (Wildman–Crippen MR) is 59.1 cm³/mol. The van der Waals surface area contributed by atoms with Crippen LogP contribution in [0.3, 0.4) is 0 Å². The molecule has 1 atom stereocenters. The van der Waals surface area contributed by atoms with Crippen LogP contribution in [-0.2, 0) is 0 Å². The van der Waals surface area contributed by atoms with Crippen LogP contribution in [0.4, 0.5) is 5.69 Å². The van der Waals surface area contributed by atoms with Crippen molar-refractivity contribution in [3.05, 3.63) is 23.8 Å². The van der Waals surface area contributed by atoms with Crippen LogP contribution in [0, 0.1) is 0 Å². The van der Waals surface area contributed by atoms with Gasteiger partial charge in [-0.15, -0.1) is 0 Å². The van der Waals surface area contributed by atoms with Gasteiger partial charge in [-0.05, 0) is 42.5 Å². The Morgan fingerprint density at radius 3 is 3.07 bits per heavy atom. The Kier molecular flexibility index (Phi) is 2.62. The topological polar surface area (TPSA) is 21.3 Å². The Morgan fingerprint density at radius 2 is 2.29 bits per heavy atom. The van der Waals surface area contributed by atoms with Gasteiger partial charge in [0.25, 0.3) is 0 Å². The quantitative estimate of drug-likeness (QED) is 0.736. The molecule has 0 saturated heterocycles. The Balaban J connectivity index is 2.39. The minimum absolute atomic E-state index is 0.634. The van der Waals surface area contributed by atoms with Crippen LogP contribution >= 0.6 is 0 Å². The van der Waals surface area contributed by atoms with E-state index in [4.69, 9.17) is 4.74 Å². The summed E-state index contributed by atoms with van der Waals surface area (Å²) in [6.07, 6.45) is 2.51. The molecule has 0 aliphatic carbocycles. The van der Waals surface area contributed by atoms with E-state index in [1.165, 1.54) is 24.1 Å². The van der Waals surface area contributed by atoms with Crippen LogP contribution in [0.25, 0.3) is 0 Å². The zero-order valence-corrected chi connectivity index (χ0v) is 8.84. The number of ether oxygens (including phenoxy) is 1. The number of nitrogens with one attached hydrogen (secondary N) is 1. The molecule has 1 aliphatic heterocycles. The molecule has 0 fully saturated rings. The molecule has 0 saturated carbocycles. The Morgan fingerprint density at radius 1 is 1.43 bits per heavy atom. The fourth-order valence-corrected chi connectivity index (χ4v) is 2.02.